The predicted molar refractivity (Wildman–Crippen MR) is 119 cm³/mol. The van der Waals surface area contributed by atoms with Crippen molar-refractivity contribution >= 4 is 23.5 Å². The third-order valence-corrected chi connectivity index (χ3v) is 6.25. The van der Waals surface area contributed by atoms with Gasteiger partial charge in [0, 0.05) is 35.7 Å². The molecule has 4 rings (SSSR count). The topological polar surface area (TPSA) is 71.3 Å². The van der Waals surface area contributed by atoms with Crippen LogP contribution in [0.4, 0.5) is 5.82 Å². The maximum absolute atomic E-state index is 12.3. The number of hydrogen-bond donors (Lipinski definition) is 1. The number of rotatable bonds is 7. The standard InChI is InChI=1S/C23H26N4O2S/c1-16-17(2)25-23(26-21(16)27-11-3-4-12-27)30-15-18-7-9-19(10-8-18)22(28)24-14-20-6-5-13-29-20/h5-10,13H,3-4,11-12,14-15H2,1-2H3,(H,24,28). The minimum atomic E-state index is -0.113. The first-order valence-electron chi connectivity index (χ1n) is 10.2. The van der Waals surface area contributed by atoms with E-state index in [-0.39, 0.29) is 5.91 Å². The molecule has 2 aromatic heterocycles. The molecular weight excluding hydrogens is 396 g/mol. The monoisotopic (exact) mass is 422 g/mol. The van der Waals surface area contributed by atoms with Crippen molar-refractivity contribution in [2.45, 2.75) is 44.1 Å². The van der Waals surface area contributed by atoms with Crippen LogP contribution < -0.4 is 10.2 Å². The molecule has 30 heavy (non-hydrogen) atoms. The largest absolute Gasteiger partial charge is 0.467 e. The first-order valence-corrected chi connectivity index (χ1v) is 11.2. The maximum atomic E-state index is 12.3. The number of amides is 1. The van der Waals surface area contributed by atoms with Crippen LogP contribution in [0, 0.1) is 13.8 Å². The molecule has 6 nitrogen and oxygen atoms in total. The molecule has 0 unspecified atom stereocenters. The van der Waals surface area contributed by atoms with E-state index >= 15 is 0 Å². The average molecular weight is 423 g/mol. The zero-order valence-corrected chi connectivity index (χ0v) is 18.2. The highest BCUT2D eigenvalue weighted by Crippen LogP contribution is 2.28. The van der Waals surface area contributed by atoms with Gasteiger partial charge >= 0.3 is 0 Å². The molecule has 3 aromatic rings. The van der Waals surface area contributed by atoms with Gasteiger partial charge in [0.15, 0.2) is 5.16 Å². The molecule has 1 aliphatic rings. The van der Waals surface area contributed by atoms with Crippen molar-refractivity contribution in [3.63, 3.8) is 0 Å². The van der Waals surface area contributed by atoms with E-state index in [1.165, 1.54) is 18.4 Å². The highest BCUT2D eigenvalue weighted by atomic mass is 32.2. The van der Waals surface area contributed by atoms with Gasteiger partial charge in [0.1, 0.15) is 11.6 Å². The summed E-state index contributed by atoms with van der Waals surface area (Å²) >= 11 is 1.63. The molecular formula is C23H26N4O2S. The molecule has 1 amide bonds. The number of hydrogen-bond acceptors (Lipinski definition) is 6. The van der Waals surface area contributed by atoms with Gasteiger partial charge in [-0.05, 0) is 56.5 Å². The second-order valence-corrected chi connectivity index (χ2v) is 8.42. The lowest BCUT2D eigenvalue weighted by molar-refractivity contribution is 0.0948. The molecule has 1 fully saturated rings. The summed E-state index contributed by atoms with van der Waals surface area (Å²) in [5.41, 5.74) is 3.98. The van der Waals surface area contributed by atoms with E-state index in [4.69, 9.17) is 9.40 Å². The minimum absolute atomic E-state index is 0.113. The third-order valence-electron chi connectivity index (χ3n) is 5.34. The molecule has 0 bridgehead atoms. The Morgan fingerprint density at radius 2 is 1.90 bits per heavy atom. The van der Waals surface area contributed by atoms with Gasteiger partial charge in [-0.2, -0.15) is 0 Å². The Morgan fingerprint density at radius 1 is 1.13 bits per heavy atom. The number of benzene rings is 1. The van der Waals surface area contributed by atoms with Crippen LogP contribution in [-0.4, -0.2) is 29.0 Å². The van der Waals surface area contributed by atoms with Crippen LogP contribution in [0.3, 0.4) is 0 Å². The second-order valence-electron chi connectivity index (χ2n) is 7.48. The molecule has 1 N–H and O–H groups in total. The van der Waals surface area contributed by atoms with Crippen LogP contribution in [0.5, 0.6) is 0 Å². The fourth-order valence-electron chi connectivity index (χ4n) is 3.47. The number of carbonyl (C=O) groups is 1. The summed E-state index contributed by atoms with van der Waals surface area (Å²) in [4.78, 5) is 24.1. The van der Waals surface area contributed by atoms with Crippen LogP contribution in [0.2, 0.25) is 0 Å². The van der Waals surface area contributed by atoms with Crippen LogP contribution >= 0.6 is 11.8 Å². The molecule has 1 aromatic carbocycles. The SMILES string of the molecule is Cc1nc(SCc2ccc(C(=O)NCc3ccco3)cc2)nc(N2CCCC2)c1C. The lowest BCUT2D eigenvalue weighted by atomic mass is 10.1. The normalized spacial score (nSPS) is 13.6. The average Bonchev–Trinajstić information content (AvgIpc) is 3.47. The van der Waals surface area contributed by atoms with Crippen LogP contribution in [0.15, 0.2) is 52.2 Å². The third kappa shape index (κ3) is 4.84. The van der Waals surface area contributed by atoms with Gasteiger partial charge in [0.25, 0.3) is 5.91 Å². The summed E-state index contributed by atoms with van der Waals surface area (Å²) in [5, 5.41) is 3.67. The lowest BCUT2D eigenvalue weighted by Gasteiger charge is -2.20. The van der Waals surface area contributed by atoms with E-state index in [1.54, 1.807) is 24.1 Å². The highest BCUT2D eigenvalue weighted by molar-refractivity contribution is 7.98. The van der Waals surface area contributed by atoms with Gasteiger partial charge in [0.2, 0.25) is 0 Å². The fourth-order valence-corrected chi connectivity index (χ4v) is 4.31. The van der Waals surface area contributed by atoms with Gasteiger partial charge in [-0.3, -0.25) is 4.79 Å². The van der Waals surface area contributed by atoms with E-state index in [2.05, 4.69) is 29.0 Å². The zero-order valence-electron chi connectivity index (χ0n) is 17.4. The summed E-state index contributed by atoms with van der Waals surface area (Å²) in [7, 11) is 0. The fraction of sp³-hybridized carbons (Fsp3) is 0.348. The summed E-state index contributed by atoms with van der Waals surface area (Å²) in [6, 6.07) is 11.3. The highest BCUT2D eigenvalue weighted by Gasteiger charge is 2.18. The number of aryl methyl sites for hydroxylation is 1. The molecule has 0 aliphatic carbocycles. The minimum Gasteiger partial charge on any atom is -0.467 e. The number of thioether (sulfide) groups is 1. The van der Waals surface area contributed by atoms with E-state index in [0.717, 1.165) is 46.8 Å². The first kappa shape index (κ1) is 20.5. The van der Waals surface area contributed by atoms with Crippen molar-refractivity contribution in [3.05, 3.63) is 70.8 Å². The van der Waals surface area contributed by atoms with E-state index < -0.39 is 0 Å². The van der Waals surface area contributed by atoms with E-state index in [9.17, 15) is 4.79 Å². The Balaban J connectivity index is 1.36. The van der Waals surface area contributed by atoms with Crippen molar-refractivity contribution in [1.82, 2.24) is 15.3 Å². The summed E-state index contributed by atoms with van der Waals surface area (Å²) in [5.74, 6) is 2.46. The molecule has 1 aliphatic heterocycles. The second kappa shape index (κ2) is 9.34. The van der Waals surface area contributed by atoms with Crippen LogP contribution in [0.1, 0.15) is 45.8 Å². The Kier molecular flexibility index (Phi) is 6.38. The molecule has 0 spiro atoms. The summed E-state index contributed by atoms with van der Waals surface area (Å²) in [6.07, 6.45) is 4.06. The smallest absolute Gasteiger partial charge is 0.251 e. The molecule has 7 heteroatoms. The van der Waals surface area contributed by atoms with E-state index in [1.807, 2.05) is 30.3 Å². The molecule has 3 heterocycles. The van der Waals surface area contributed by atoms with Gasteiger partial charge < -0.3 is 14.6 Å². The van der Waals surface area contributed by atoms with Crippen molar-refractivity contribution in [2.24, 2.45) is 0 Å². The van der Waals surface area contributed by atoms with Crippen LogP contribution in [0.25, 0.3) is 0 Å². The Bertz CT molecular complexity index is 997. The Labute approximate surface area is 181 Å². The quantitative estimate of drug-likeness (QED) is 0.446. The summed E-state index contributed by atoms with van der Waals surface area (Å²) < 4.78 is 5.24. The van der Waals surface area contributed by atoms with Gasteiger partial charge in [-0.1, -0.05) is 23.9 Å². The summed E-state index contributed by atoms with van der Waals surface area (Å²) in [6.45, 7) is 6.69. The molecule has 156 valence electrons. The number of nitrogens with one attached hydrogen (secondary N) is 1. The molecule has 1 saturated heterocycles. The Morgan fingerprint density at radius 3 is 2.60 bits per heavy atom. The van der Waals surface area contributed by atoms with Gasteiger partial charge in [-0.15, -0.1) is 0 Å². The number of nitrogens with zero attached hydrogens (tertiary/aromatic N) is 3. The number of carbonyl (C=O) groups excluding carboxylic acids is 1. The molecule has 0 radical (unpaired) electrons. The zero-order chi connectivity index (χ0) is 20.9. The van der Waals surface area contributed by atoms with Crippen molar-refractivity contribution in [2.75, 3.05) is 18.0 Å². The number of aromatic nitrogens is 2. The van der Waals surface area contributed by atoms with Gasteiger partial charge in [0.05, 0.1) is 12.8 Å². The lowest BCUT2D eigenvalue weighted by Crippen LogP contribution is -2.22. The number of furan rings is 1. The van der Waals surface area contributed by atoms with Crippen molar-refractivity contribution in [3.8, 4) is 0 Å². The molecule has 0 saturated carbocycles. The van der Waals surface area contributed by atoms with Crippen molar-refractivity contribution in [1.29, 1.82) is 0 Å². The van der Waals surface area contributed by atoms with Crippen LogP contribution in [-0.2, 0) is 12.3 Å². The first-order chi connectivity index (χ1) is 14.6. The van der Waals surface area contributed by atoms with Crippen molar-refractivity contribution < 1.29 is 9.21 Å². The molecule has 0 atom stereocenters. The number of anilines is 1. The Hall–Kier alpha value is -2.80. The maximum Gasteiger partial charge on any atom is 0.251 e. The predicted octanol–water partition coefficient (Wildman–Crippen LogP) is 4.51. The van der Waals surface area contributed by atoms with E-state index in [0.29, 0.717) is 12.1 Å². The van der Waals surface area contributed by atoms with Gasteiger partial charge in [-0.25, -0.2) is 9.97 Å².